The predicted molar refractivity (Wildman–Crippen MR) is 172 cm³/mol. The molecule has 1 aliphatic rings. The first kappa shape index (κ1) is 34.3. The van der Waals surface area contributed by atoms with E-state index in [1.54, 1.807) is 38.2 Å². The molecule has 3 aromatic carbocycles. The normalized spacial score (nSPS) is 15.1. The van der Waals surface area contributed by atoms with Gasteiger partial charge in [0.15, 0.2) is 6.29 Å². The minimum absolute atomic E-state index is 0.0663. The van der Waals surface area contributed by atoms with Crippen molar-refractivity contribution >= 4 is 28.5 Å². The Morgan fingerprint density at radius 1 is 1.00 bits per heavy atom. The van der Waals surface area contributed by atoms with Gasteiger partial charge in [0.05, 0.1) is 25.7 Å². The average Bonchev–Trinajstić information content (AvgIpc) is 3.05. The van der Waals surface area contributed by atoms with Crippen molar-refractivity contribution in [2.24, 2.45) is 0 Å². The lowest BCUT2D eigenvalue weighted by atomic mass is 9.80. The highest BCUT2D eigenvalue weighted by atomic mass is 79.9. The lowest BCUT2D eigenvalue weighted by Crippen LogP contribution is -2.44. The SMILES string of the molecule is CN[C@@H](Cn1c(=O)c(Br)c(C)n(Cc2c(F)cccc2F)c1=O)c1ccccc1.OB(O)c1ccc(OC2CCCCO2)cc1. The van der Waals surface area contributed by atoms with Gasteiger partial charge in [0.2, 0.25) is 0 Å². The molecule has 0 bridgehead atoms. The molecule has 2 atom stereocenters. The van der Waals surface area contributed by atoms with E-state index in [1.165, 1.54) is 10.6 Å². The molecule has 0 aliphatic carbocycles. The molecular weight excluding hydrogens is 651 g/mol. The average molecular weight is 686 g/mol. The molecule has 0 amide bonds. The molecule has 1 fully saturated rings. The summed E-state index contributed by atoms with van der Waals surface area (Å²) in [6.45, 7) is 2.05. The number of halogens is 3. The fourth-order valence-corrected chi connectivity index (χ4v) is 5.29. The Kier molecular flexibility index (Phi) is 12.3. The third-order valence-electron chi connectivity index (χ3n) is 7.49. The second-order valence-corrected chi connectivity index (χ2v) is 11.3. The summed E-state index contributed by atoms with van der Waals surface area (Å²) < 4.78 is 41.7. The fraction of sp³-hybridized carbons (Fsp3) is 0.312. The van der Waals surface area contributed by atoms with Crippen LogP contribution in [0.4, 0.5) is 8.78 Å². The van der Waals surface area contributed by atoms with Crippen LogP contribution in [0.5, 0.6) is 5.75 Å². The second kappa shape index (κ2) is 16.1. The van der Waals surface area contributed by atoms with Gasteiger partial charge in [-0.25, -0.2) is 13.6 Å². The van der Waals surface area contributed by atoms with Crippen molar-refractivity contribution in [1.29, 1.82) is 0 Å². The van der Waals surface area contributed by atoms with Crippen LogP contribution in [0.1, 0.15) is 42.1 Å². The summed E-state index contributed by atoms with van der Waals surface area (Å²) in [5.74, 6) is -0.804. The third-order valence-corrected chi connectivity index (χ3v) is 8.41. The number of rotatable bonds is 9. The zero-order valence-corrected chi connectivity index (χ0v) is 26.5. The van der Waals surface area contributed by atoms with Gasteiger partial charge in [0, 0.05) is 17.7 Å². The maximum absolute atomic E-state index is 14.1. The van der Waals surface area contributed by atoms with E-state index >= 15 is 0 Å². The second-order valence-electron chi connectivity index (χ2n) is 10.5. The van der Waals surface area contributed by atoms with E-state index in [1.807, 2.05) is 30.3 Å². The van der Waals surface area contributed by atoms with E-state index in [0.717, 1.165) is 48.1 Å². The fourth-order valence-electron chi connectivity index (χ4n) is 4.86. The van der Waals surface area contributed by atoms with Gasteiger partial charge in [0.1, 0.15) is 21.9 Å². The lowest BCUT2D eigenvalue weighted by molar-refractivity contribution is -0.105. The van der Waals surface area contributed by atoms with Crippen molar-refractivity contribution in [1.82, 2.24) is 14.5 Å². The Morgan fingerprint density at radius 3 is 2.24 bits per heavy atom. The molecule has 238 valence electrons. The molecular formula is C32H35BBrF2N3O6. The Bertz CT molecular complexity index is 1660. The Labute approximate surface area is 268 Å². The Morgan fingerprint density at radius 2 is 1.67 bits per heavy atom. The molecule has 9 nitrogen and oxygen atoms in total. The highest BCUT2D eigenvalue weighted by Gasteiger charge is 2.21. The largest absolute Gasteiger partial charge is 0.488 e. The maximum Gasteiger partial charge on any atom is 0.488 e. The Hall–Kier alpha value is -3.62. The van der Waals surface area contributed by atoms with Gasteiger partial charge >= 0.3 is 12.8 Å². The van der Waals surface area contributed by atoms with Gasteiger partial charge in [-0.1, -0.05) is 48.5 Å². The molecule has 0 saturated carbocycles. The van der Waals surface area contributed by atoms with Crippen LogP contribution < -0.4 is 26.8 Å². The van der Waals surface area contributed by atoms with Crippen LogP contribution in [-0.4, -0.2) is 46.2 Å². The van der Waals surface area contributed by atoms with Crippen molar-refractivity contribution in [3.8, 4) is 5.75 Å². The molecule has 13 heteroatoms. The van der Waals surface area contributed by atoms with Crippen molar-refractivity contribution in [3.05, 3.63) is 127 Å². The summed E-state index contributed by atoms with van der Waals surface area (Å²) in [4.78, 5) is 25.9. The predicted octanol–water partition coefficient (Wildman–Crippen LogP) is 3.64. The van der Waals surface area contributed by atoms with Crippen molar-refractivity contribution < 1.29 is 28.3 Å². The molecule has 0 radical (unpaired) electrons. The Balaban J connectivity index is 0.000000242. The number of aromatic nitrogens is 2. The minimum atomic E-state index is -1.43. The highest BCUT2D eigenvalue weighted by molar-refractivity contribution is 9.10. The molecule has 2 heterocycles. The van der Waals surface area contributed by atoms with E-state index in [0.29, 0.717) is 16.9 Å². The van der Waals surface area contributed by atoms with Gasteiger partial charge < -0.3 is 24.8 Å². The van der Waals surface area contributed by atoms with Crippen LogP contribution in [0.25, 0.3) is 0 Å². The number of benzene rings is 3. The van der Waals surface area contributed by atoms with E-state index < -0.39 is 30.0 Å². The maximum atomic E-state index is 14.1. The van der Waals surface area contributed by atoms with Crippen LogP contribution in [0.15, 0.2) is 86.9 Å². The van der Waals surface area contributed by atoms with Crippen molar-refractivity contribution in [2.45, 2.75) is 51.6 Å². The van der Waals surface area contributed by atoms with E-state index in [2.05, 4.69) is 21.2 Å². The monoisotopic (exact) mass is 685 g/mol. The molecule has 1 unspecified atom stereocenters. The van der Waals surface area contributed by atoms with E-state index in [-0.39, 0.29) is 35.5 Å². The molecule has 45 heavy (non-hydrogen) atoms. The van der Waals surface area contributed by atoms with Crippen LogP contribution >= 0.6 is 15.9 Å². The summed E-state index contributed by atoms with van der Waals surface area (Å²) in [5, 5.41) is 21.0. The molecule has 1 aliphatic heterocycles. The van der Waals surface area contributed by atoms with Gasteiger partial charge in [-0.3, -0.25) is 13.9 Å². The zero-order chi connectivity index (χ0) is 32.5. The highest BCUT2D eigenvalue weighted by Crippen LogP contribution is 2.19. The van der Waals surface area contributed by atoms with Crippen LogP contribution in [-0.2, 0) is 17.8 Å². The summed E-state index contributed by atoms with van der Waals surface area (Å²) in [6.07, 6.45) is 2.96. The van der Waals surface area contributed by atoms with Gasteiger partial charge in [-0.15, -0.1) is 0 Å². The first-order valence-electron chi connectivity index (χ1n) is 14.5. The van der Waals surface area contributed by atoms with Crippen molar-refractivity contribution in [3.63, 3.8) is 0 Å². The third kappa shape index (κ3) is 8.77. The van der Waals surface area contributed by atoms with Gasteiger partial charge in [0.25, 0.3) is 5.56 Å². The molecule has 1 aromatic heterocycles. The van der Waals surface area contributed by atoms with Crippen LogP contribution in [0.3, 0.4) is 0 Å². The molecule has 5 rings (SSSR count). The zero-order valence-electron chi connectivity index (χ0n) is 25.0. The van der Waals surface area contributed by atoms with Gasteiger partial charge in [-0.05, 0) is 78.0 Å². The van der Waals surface area contributed by atoms with E-state index in [4.69, 9.17) is 19.5 Å². The summed E-state index contributed by atoms with van der Waals surface area (Å²) in [5.41, 5.74) is 0.313. The number of nitrogens with one attached hydrogen (secondary N) is 1. The number of hydrogen-bond acceptors (Lipinski definition) is 7. The number of nitrogens with zero attached hydrogens (tertiary/aromatic N) is 2. The summed E-state index contributed by atoms with van der Waals surface area (Å²) >= 11 is 3.23. The number of ether oxygens (including phenoxy) is 2. The topological polar surface area (TPSA) is 115 Å². The summed E-state index contributed by atoms with van der Waals surface area (Å²) in [7, 11) is 0.305. The quantitative estimate of drug-likeness (QED) is 0.231. The van der Waals surface area contributed by atoms with Crippen LogP contribution in [0, 0.1) is 18.6 Å². The summed E-state index contributed by atoms with van der Waals surface area (Å²) in [6, 6.07) is 19.3. The van der Waals surface area contributed by atoms with E-state index in [9.17, 15) is 18.4 Å². The van der Waals surface area contributed by atoms with Crippen LogP contribution in [0.2, 0.25) is 0 Å². The molecule has 1 saturated heterocycles. The molecule has 4 aromatic rings. The van der Waals surface area contributed by atoms with Gasteiger partial charge in [-0.2, -0.15) is 0 Å². The number of likely N-dealkylation sites (N-methyl/N-ethyl adjacent to an activating group) is 1. The smallest absolute Gasteiger partial charge is 0.465 e. The minimum Gasteiger partial charge on any atom is -0.465 e. The molecule has 3 N–H and O–H groups in total. The van der Waals surface area contributed by atoms with Crippen molar-refractivity contribution in [2.75, 3.05) is 13.7 Å². The first-order chi connectivity index (χ1) is 21.6. The molecule has 0 spiro atoms. The number of hydrogen-bond donors (Lipinski definition) is 3. The first-order valence-corrected chi connectivity index (χ1v) is 15.3. The lowest BCUT2D eigenvalue weighted by Gasteiger charge is -2.23. The standard InChI is InChI=1S/C21H20BrF2N3O2.C11H15BO4/c1-13-19(22)20(28)27(12-18(25-2)14-7-4-3-5-8-14)21(29)26(13)11-15-16(23)9-6-10-17(15)24;13-12(14)9-4-6-10(7-5-9)16-11-3-1-2-8-15-11/h3-10,18,25H,11-12H2,1-2H3;4-7,11,13-14H,1-3,8H2/t18-;/m0./s1.